The molecule has 0 aliphatic carbocycles. The van der Waals surface area contributed by atoms with E-state index in [1.54, 1.807) is 12.1 Å². The topological polar surface area (TPSA) is 107 Å². The molecular formula is C11H14ClN3O3. The van der Waals surface area contributed by atoms with Gasteiger partial charge in [0.05, 0.1) is 25.3 Å². The van der Waals surface area contributed by atoms with Gasteiger partial charge in [-0.1, -0.05) is 11.6 Å². The second kappa shape index (κ2) is 6.23. The second-order valence-corrected chi connectivity index (χ2v) is 4.05. The number of halogens is 1. The molecule has 98 valence electrons. The van der Waals surface area contributed by atoms with Crippen molar-refractivity contribution in [3.63, 3.8) is 0 Å². The summed E-state index contributed by atoms with van der Waals surface area (Å²) in [6.07, 6.45) is -0.227. The van der Waals surface area contributed by atoms with Crippen molar-refractivity contribution < 1.29 is 14.3 Å². The van der Waals surface area contributed by atoms with E-state index in [2.05, 4.69) is 5.32 Å². The zero-order valence-corrected chi connectivity index (χ0v) is 10.5. The Bertz CT molecular complexity index is 465. The van der Waals surface area contributed by atoms with E-state index in [9.17, 15) is 9.59 Å². The first kappa shape index (κ1) is 14.3. The minimum atomic E-state index is -1.01. The number of ether oxygens (including phenoxy) is 1. The summed E-state index contributed by atoms with van der Waals surface area (Å²) in [4.78, 5) is 22.3. The number of rotatable bonds is 5. The highest BCUT2D eigenvalue weighted by molar-refractivity contribution is 6.31. The fraction of sp³-hybridized carbons (Fsp3) is 0.273. The molecule has 18 heavy (non-hydrogen) atoms. The molecule has 0 aromatic heterocycles. The summed E-state index contributed by atoms with van der Waals surface area (Å²) < 4.78 is 5.06. The summed E-state index contributed by atoms with van der Waals surface area (Å²) in [6.45, 7) is 0. The van der Waals surface area contributed by atoms with Crippen LogP contribution in [0.4, 0.5) is 5.69 Å². The van der Waals surface area contributed by atoms with Gasteiger partial charge in [-0.15, -0.1) is 0 Å². The van der Waals surface area contributed by atoms with Crippen molar-refractivity contribution in [2.45, 2.75) is 12.5 Å². The lowest BCUT2D eigenvalue weighted by Crippen LogP contribution is -2.39. The SMILES string of the molecule is COc1ccc(Cl)cc1NC(=O)C(N)CC(N)=O. The van der Waals surface area contributed by atoms with Gasteiger partial charge < -0.3 is 21.5 Å². The van der Waals surface area contributed by atoms with Crippen molar-refractivity contribution in [2.75, 3.05) is 12.4 Å². The Morgan fingerprint density at radius 3 is 2.72 bits per heavy atom. The van der Waals surface area contributed by atoms with E-state index >= 15 is 0 Å². The van der Waals surface area contributed by atoms with Gasteiger partial charge >= 0.3 is 0 Å². The summed E-state index contributed by atoms with van der Waals surface area (Å²) in [6, 6.07) is 3.75. The highest BCUT2D eigenvalue weighted by Gasteiger charge is 2.17. The van der Waals surface area contributed by atoms with Gasteiger partial charge in [-0.25, -0.2) is 0 Å². The molecule has 2 amide bonds. The molecule has 0 fully saturated rings. The molecule has 0 saturated heterocycles. The van der Waals surface area contributed by atoms with Crippen LogP contribution in [-0.4, -0.2) is 25.0 Å². The van der Waals surface area contributed by atoms with Crippen LogP contribution in [0, 0.1) is 0 Å². The number of carbonyl (C=O) groups excluding carboxylic acids is 2. The third kappa shape index (κ3) is 3.90. The number of nitrogens with two attached hydrogens (primary N) is 2. The van der Waals surface area contributed by atoms with Crippen molar-refractivity contribution in [1.82, 2.24) is 0 Å². The van der Waals surface area contributed by atoms with Gasteiger partial charge in [-0.3, -0.25) is 9.59 Å². The van der Waals surface area contributed by atoms with Gasteiger partial charge in [0.2, 0.25) is 11.8 Å². The van der Waals surface area contributed by atoms with Gasteiger partial charge in [-0.2, -0.15) is 0 Å². The smallest absolute Gasteiger partial charge is 0.241 e. The summed E-state index contributed by atoms with van der Waals surface area (Å²) in [5.41, 5.74) is 10.9. The second-order valence-electron chi connectivity index (χ2n) is 3.61. The number of primary amides is 1. The lowest BCUT2D eigenvalue weighted by atomic mass is 10.2. The number of hydrogen-bond acceptors (Lipinski definition) is 4. The van der Waals surface area contributed by atoms with E-state index in [4.69, 9.17) is 27.8 Å². The van der Waals surface area contributed by atoms with Crippen LogP contribution in [0.15, 0.2) is 18.2 Å². The number of nitrogens with one attached hydrogen (secondary N) is 1. The molecule has 0 aliphatic rings. The molecule has 6 nitrogen and oxygen atoms in total. The fourth-order valence-electron chi connectivity index (χ4n) is 1.31. The number of hydrogen-bond donors (Lipinski definition) is 3. The number of amides is 2. The van der Waals surface area contributed by atoms with Gasteiger partial charge in [0.15, 0.2) is 0 Å². The molecule has 0 heterocycles. The molecule has 1 unspecified atom stereocenters. The highest BCUT2D eigenvalue weighted by Crippen LogP contribution is 2.27. The average molecular weight is 272 g/mol. The monoisotopic (exact) mass is 271 g/mol. The molecule has 0 radical (unpaired) electrons. The molecule has 0 bridgehead atoms. The molecular weight excluding hydrogens is 258 g/mol. The standard InChI is InChI=1S/C11H14ClN3O3/c1-18-9-3-2-6(12)4-8(9)15-11(17)7(13)5-10(14)16/h2-4,7H,5,13H2,1H3,(H2,14,16)(H,15,17). The first-order chi connectivity index (χ1) is 8.43. The van der Waals surface area contributed by atoms with Crippen LogP contribution < -0.4 is 21.5 Å². The van der Waals surface area contributed by atoms with Crippen LogP contribution in [-0.2, 0) is 9.59 Å². The number of benzene rings is 1. The summed E-state index contributed by atoms with van der Waals surface area (Å²) in [7, 11) is 1.46. The zero-order valence-electron chi connectivity index (χ0n) is 9.77. The predicted octanol–water partition coefficient (Wildman–Crippen LogP) is 0.490. The Morgan fingerprint density at radius 2 is 2.17 bits per heavy atom. The van der Waals surface area contributed by atoms with Crippen LogP contribution in [0.2, 0.25) is 5.02 Å². The average Bonchev–Trinajstić information content (AvgIpc) is 2.28. The van der Waals surface area contributed by atoms with Crippen molar-refractivity contribution in [3.05, 3.63) is 23.2 Å². The zero-order chi connectivity index (χ0) is 13.7. The van der Waals surface area contributed by atoms with E-state index in [0.717, 1.165) is 0 Å². The van der Waals surface area contributed by atoms with Crippen LogP contribution in [0.3, 0.4) is 0 Å². The van der Waals surface area contributed by atoms with E-state index < -0.39 is 17.9 Å². The fourth-order valence-corrected chi connectivity index (χ4v) is 1.48. The normalized spacial score (nSPS) is 11.7. The first-order valence-electron chi connectivity index (χ1n) is 5.12. The summed E-state index contributed by atoms with van der Waals surface area (Å²) in [5.74, 6) is -0.732. The Balaban J connectivity index is 2.80. The molecule has 0 saturated carbocycles. The van der Waals surface area contributed by atoms with Crippen LogP contribution in [0.1, 0.15) is 6.42 Å². The molecule has 0 aliphatic heterocycles. The molecule has 1 rings (SSSR count). The van der Waals surface area contributed by atoms with E-state index in [1.807, 2.05) is 0 Å². The summed E-state index contributed by atoms with van der Waals surface area (Å²) >= 11 is 5.81. The molecule has 1 aromatic carbocycles. The number of anilines is 1. The number of methoxy groups -OCH3 is 1. The quantitative estimate of drug-likeness (QED) is 0.724. The maximum absolute atomic E-state index is 11.7. The van der Waals surface area contributed by atoms with E-state index in [0.29, 0.717) is 16.5 Å². The third-order valence-corrected chi connectivity index (χ3v) is 2.41. The minimum Gasteiger partial charge on any atom is -0.495 e. The lowest BCUT2D eigenvalue weighted by Gasteiger charge is -2.13. The molecule has 5 N–H and O–H groups in total. The third-order valence-electron chi connectivity index (χ3n) is 2.18. The molecule has 1 atom stereocenters. The lowest BCUT2D eigenvalue weighted by molar-refractivity contribution is -0.123. The van der Waals surface area contributed by atoms with Gasteiger partial charge in [0.1, 0.15) is 5.75 Å². The predicted molar refractivity (Wildman–Crippen MR) is 68.4 cm³/mol. The van der Waals surface area contributed by atoms with Crippen LogP contribution >= 0.6 is 11.6 Å². The van der Waals surface area contributed by atoms with Crippen molar-refractivity contribution >= 4 is 29.1 Å². The van der Waals surface area contributed by atoms with Crippen molar-refractivity contribution in [1.29, 1.82) is 0 Å². The largest absolute Gasteiger partial charge is 0.495 e. The summed E-state index contributed by atoms with van der Waals surface area (Å²) in [5, 5.41) is 2.97. The van der Waals surface area contributed by atoms with Gasteiger partial charge in [0.25, 0.3) is 0 Å². The van der Waals surface area contributed by atoms with Crippen LogP contribution in [0.25, 0.3) is 0 Å². The Labute approximate surface area is 109 Å². The maximum Gasteiger partial charge on any atom is 0.241 e. The minimum absolute atomic E-state index is 0.227. The van der Waals surface area contributed by atoms with Crippen molar-refractivity contribution in [3.8, 4) is 5.75 Å². The van der Waals surface area contributed by atoms with E-state index in [1.165, 1.54) is 13.2 Å². The molecule has 1 aromatic rings. The number of carbonyl (C=O) groups is 2. The maximum atomic E-state index is 11.7. The Morgan fingerprint density at radius 1 is 1.50 bits per heavy atom. The van der Waals surface area contributed by atoms with Crippen LogP contribution in [0.5, 0.6) is 5.75 Å². The Kier molecular flexibility index (Phi) is 4.94. The highest BCUT2D eigenvalue weighted by atomic mass is 35.5. The van der Waals surface area contributed by atoms with E-state index in [-0.39, 0.29) is 6.42 Å². The molecule has 7 heteroatoms. The Hall–Kier alpha value is -1.79. The van der Waals surface area contributed by atoms with Gasteiger partial charge in [0, 0.05) is 5.02 Å². The molecule has 0 spiro atoms. The van der Waals surface area contributed by atoms with Crippen molar-refractivity contribution in [2.24, 2.45) is 11.5 Å². The van der Waals surface area contributed by atoms with Gasteiger partial charge in [-0.05, 0) is 18.2 Å². The first-order valence-corrected chi connectivity index (χ1v) is 5.50.